The second kappa shape index (κ2) is 8.08. The van der Waals surface area contributed by atoms with Crippen molar-refractivity contribution >= 4 is 33.5 Å². The highest BCUT2D eigenvalue weighted by Crippen LogP contribution is 2.24. The topological polar surface area (TPSA) is 94.5 Å². The van der Waals surface area contributed by atoms with Gasteiger partial charge in [-0.05, 0) is 29.8 Å². The number of amides is 1. The van der Waals surface area contributed by atoms with Gasteiger partial charge in [0.2, 0.25) is 5.95 Å². The number of piperazine rings is 1. The molecule has 1 aliphatic rings. The van der Waals surface area contributed by atoms with Gasteiger partial charge in [-0.15, -0.1) is 0 Å². The summed E-state index contributed by atoms with van der Waals surface area (Å²) in [7, 11) is 1.49. The average Bonchev–Trinajstić information content (AvgIpc) is 3.30. The van der Waals surface area contributed by atoms with E-state index in [1.165, 1.54) is 19.4 Å². The molecule has 2 N–H and O–H groups in total. The molecule has 1 aliphatic heterocycles. The number of rotatable bonds is 4. The Morgan fingerprint density at radius 2 is 1.97 bits per heavy atom. The highest BCUT2D eigenvalue weighted by Gasteiger charge is 2.21. The van der Waals surface area contributed by atoms with Crippen molar-refractivity contribution in [2.24, 2.45) is 0 Å². The van der Waals surface area contributed by atoms with Gasteiger partial charge in [0.05, 0.1) is 12.0 Å². The van der Waals surface area contributed by atoms with Crippen molar-refractivity contribution in [1.82, 2.24) is 20.2 Å². The number of pyridine rings is 2. The van der Waals surface area contributed by atoms with Crippen molar-refractivity contribution in [2.45, 2.75) is 6.54 Å². The van der Waals surface area contributed by atoms with E-state index in [-0.39, 0.29) is 11.3 Å². The second-order valence-electron chi connectivity index (χ2n) is 7.85. The fourth-order valence-electron chi connectivity index (χ4n) is 4.23. The van der Waals surface area contributed by atoms with Crippen LogP contribution in [0, 0.1) is 5.95 Å². The lowest BCUT2D eigenvalue weighted by Crippen LogP contribution is -2.46. The van der Waals surface area contributed by atoms with Gasteiger partial charge in [0, 0.05) is 56.1 Å². The van der Waals surface area contributed by atoms with Gasteiger partial charge in [0.25, 0.3) is 11.5 Å². The molecule has 8 nitrogen and oxygen atoms in total. The van der Waals surface area contributed by atoms with E-state index >= 15 is 0 Å². The molecule has 1 amide bonds. The molecule has 5 rings (SSSR count). The summed E-state index contributed by atoms with van der Waals surface area (Å²) >= 11 is 0. The third kappa shape index (κ3) is 3.60. The van der Waals surface area contributed by atoms with Crippen LogP contribution < -0.4 is 15.8 Å². The van der Waals surface area contributed by atoms with Crippen LogP contribution in [-0.2, 0) is 6.54 Å². The molecule has 0 radical (unpaired) electrons. The van der Waals surface area contributed by atoms with Crippen molar-refractivity contribution in [3.63, 3.8) is 0 Å². The minimum absolute atomic E-state index is 0.0643. The lowest BCUT2D eigenvalue weighted by Gasteiger charge is -2.36. The van der Waals surface area contributed by atoms with Crippen LogP contribution in [0.25, 0.3) is 21.9 Å². The highest BCUT2D eigenvalue weighted by atomic mass is 19.1. The Morgan fingerprint density at radius 3 is 2.72 bits per heavy atom. The first kappa shape index (κ1) is 20.2. The highest BCUT2D eigenvalue weighted by molar-refractivity contribution is 6.03. The van der Waals surface area contributed by atoms with E-state index in [9.17, 15) is 14.0 Å². The number of H-pyrrole nitrogens is 1. The lowest BCUT2D eigenvalue weighted by atomic mass is 10.1. The molecule has 1 fully saturated rings. The predicted octanol–water partition coefficient (Wildman–Crippen LogP) is 2.49. The number of halogens is 1. The molecule has 0 atom stereocenters. The first-order valence-corrected chi connectivity index (χ1v) is 10.4. The molecule has 164 valence electrons. The Bertz CT molecular complexity index is 1370. The number of aromatic nitrogens is 2. The molecule has 0 unspecified atom stereocenters. The molecule has 0 bridgehead atoms. The number of carbonyl (C=O) groups is 1. The number of fused-ring (bicyclic) bond motifs is 3. The molecular formula is C23H22FN5O3. The summed E-state index contributed by atoms with van der Waals surface area (Å²) < 4.78 is 19.7. The molecule has 0 spiro atoms. The van der Waals surface area contributed by atoms with Gasteiger partial charge in [-0.2, -0.15) is 4.39 Å². The van der Waals surface area contributed by atoms with E-state index in [0.717, 1.165) is 41.5 Å². The second-order valence-corrected chi connectivity index (χ2v) is 7.85. The maximum Gasteiger partial charge on any atom is 0.292 e. The molecule has 4 aromatic rings. The van der Waals surface area contributed by atoms with E-state index in [2.05, 4.69) is 26.3 Å². The van der Waals surface area contributed by atoms with Crippen LogP contribution in [0.3, 0.4) is 0 Å². The van der Waals surface area contributed by atoms with Gasteiger partial charge in [-0.1, -0.05) is 12.1 Å². The van der Waals surface area contributed by atoms with Crippen LogP contribution in [0.2, 0.25) is 0 Å². The van der Waals surface area contributed by atoms with Gasteiger partial charge in [0.15, 0.2) is 5.58 Å². The SMILES string of the molecule is CNC(=O)c1ccc(N2CCN(Cc3ccc4c(c3)[nH]c(=O)c3occc34)CC2)c(F)n1. The third-order valence-electron chi connectivity index (χ3n) is 5.90. The molecule has 1 saturated heterocycles. The minimum atomic E-state index is -0.636. The molecular weight excluding hydrogens is 413 g/mol. The normalized spacial score (nSPS) is 14.9. The van der Waals surface area contributed by atoms with Gasteiger partial charge < -0.3 is 19.6 Å². The first-order valence-electron chi connectivity index (χ1n) is 10.4. The van der Waals surface area contributed by atoms with E-state index in [0.29, 0.717) is 24.4 Å². The summed E-state index contributed by atoms with van der Waals surface area (Å²) in [6.07, 6.45) is 1.52. The quantitative estimate of drug-likeness (QED) is 0.479. The minimum Gasteiger partial charge on any atom is -0.459 e. The number of carbonyl (C=O) groups excluding carboxylic acids is 1. The molecule has 4 heterocycles. The molecule has 9 heteroatoms. The average molecular weight is 435 g/mol. The summed E-state index contributed by atoms with van der Waals surface area (Å²) in [6.45, 7) is 3.54. The Kier molecular flexibility index (Phi) is 5.10. The third-order valence-corrected chi connectivity index (χ3v) is 5.90. The standard InChI is InChI=1S/C23H22FN5O3/c1-25-22(30)17-4-5-19(21(24)26-17)29-9-7-28(8-10-29)13-14-2-3-15-16-6-11-32-20(16)23(31)27-18(15)12-14/h2-6,11-12H,7-10,13H2,1H3,(H,25,30)(H,27,31). The van der Waals surface area contributed by atoms with Gasteiger partial charge in [0.1, 0.15) is 5.69 Å². The fraction of sp³-hybridized carbons (Fsp3) is 0.261. The summed E-state index contributed by atoms with van der Waals surface area (Å²) in [6, 6.07) is 11.0. The van der Waals surface area contributed by atoms with E-state index in [1.54, 1.807) is 12.1 Å². The van der Waals surface area contributed by atoms with Gasteiger partial charge >= 0.3 is 0 Å². The molecule has 1 aromatic carbocycles. The number of furan rings is 1. The summed E-state index contributed by atoms with van der Waals surface area (Å²) in [4.78, 5) is 34.8. The largest absolute Gasteiger partial charge is 0.459 e. The summed E-state index contributed by atoms with van der Waals surface area (Å²) in [5, 5.41) is 4.20. The smallest absolute Gasteiger partial charge is 0.292 e. The van der Waals surface area contributed by atoms with Crippen LogP contribution in [0.1, 0.15) is 16.1 Å². The van der Waals surface area contributed by atoms with Crippen molar-refractivity contribution in [3.05, 3.63) is 70.2 Å². The van der Waals surface area contributed by atoms with Crippen molar-refractivity contribution < 1.29 is 13.6 Å². The monoisotopic (exact) mass is 435 g/mol. The molecule has 0 aliphatic carbocycles. The molecule has 3 aromatic heterocycles. The maximum atomic E-state index is 14.5. The van der Waals surface area contributed by atoms with E-state index in [4.69, 9.17) is 4.42 Å². The van der Waals surface area contributed by atoms with Crippen molar-refractivity contribution in [3.8, 4) is 0 Å². The number of nitrogens with zero attached hydrogens (tertiary/aromatic N) is 3. The van der Waals surface area contributed by atoms with Crippen LogP contribution in [0.5, 0.6) is 0 Å². The zero-order valence-corrected chi connectivity index (χ0v) is 17.5. The van der Waals surface area contributed by atoms with Crippen LogP contribution >= 0.6 is 0 Å². The Balaban J connectivity index is 1.28. The number of hydrogen-bond acceptors (Lipinski definition) is 6. The fourth-order valence-corrected chi connectivity index (χ4v) is 4.23. The maximum absolute atomic E-state index is 14.5. The van der Waals surface area contributed by atoms with E-state index < -0.39 is 11.9 Å². The summed E-state index contributed by atoms with van der Waals surface area (Å²) in [5.41, 5.74) is 2.45. The first-order chi connectivity index (χ1) is 15.5. The van der Waals surface area contributed by atoms with Crippen molar-refractivity contribution in [2.75, 3.05) is 38.1 Å². The predicted molar refractivity (Wildman–Crippen MR) is 119 cm³/mol. The van der Waals surface area contributed by atoms with Crippen LogP contribution in [0.15, 0.2) is 51.9 Å². The lowest BCUT2D eigenvalue weighted by molar-refractivity contribution is 0.0957. The molecule has 32 heavy (non-hydrogen) atoms. The Hall–Kier alpha value is -3.72. The zero-order valence-electron chi connectivity index (χ0n) is 17.5. The molecule has 0 saturated carbocycles. The summed E-state index contributed by atoms with van der Waals surface area (Å²) in [5.74, 6) is -1.05. The Morgan fingerprint density at radius 1 is 1.16 bits per heavy atom. The number of nitrogens with one attached hydrogen (secondary N) is 2. The van der Waals surface area contributed by atoms with Gasteiger partial charge in [-0.25, -0.2) is 4.98 Å². The van der Waals surface area contributed by atoms with Crippen LogP contribution in [0.4, 0.5) is 10.1 Å². The zero-order chi connectivity index (χ0) is 22.2. The van der Waals surface area contributed by atoms with Crippen molar-refractivity contribution in [1.29, 1.82) is 0 Å². The number of aromatic amines is 1. The Labute approximate surface area is 182 Å². The van der Waals surface area contributed by atoms with Crippen LogP contribution in [-0.4, -0.2) is 54.0 Å². The van der Waals surface area contributed by atoms with E-state index in [1.807, 2.05) is 17.0 Å². The van der Waals surface area contributed by atoms with Gasteiger partial charge in [-0.3, -0.25) is 14.5 Å². The number of benzene rings is 1. The number of anilines is 1. The number of hydrogen-bond donors (Lipinski definition) is 2.